The molecule has 0 unspecified atom stereocenters. The number of nitrogens with one attached hydrogen (secondary N) is 2. The van der Waals surface area contributed by atoms with Crippen LogP contribution < -0.4 is 11.2 Å². The van der Waals surface area contributed by atoms with Crippen molar-refractivity contribution < 1.29 is 14.3 Å². The standard InChI is InChI=1S/C10H13N3O5/c1-13(4-3-7(14)18-2)9(16)6-5-11-10(17)12-8(6)15/h5H,3-4H2,1-2H3,(H2,11,12,15,17). The van der Waals surface area contributed by atoms with Crippen molar-refractivity contribution >= 4 is 11.9 Å². The summed E-state index contributed by atoms with van der Waals surface area (Å²) in [6.45, 7) is 0.115. The van der Waals surface area contributed by atoms with E-state index >= 15 is 0 Å². The molecule has 0 aliphatic heterocycles. The minimum absolute atomic E-state index is 0.0278. The number of aromatic nitrogens is 2. The maximum absolute atomic E-state index is 11.8. The van der Waals surface area contributed by atoms with Crippen molar-refractivity contribution in [3.05, 3.63) is 32.6 Å². The molecule has 1 aromatic rings. The maximum atomic E-state index is 11.8. The molecule has 98 valence electrons. The number of aromatic amines is 2. The lowest BCUT2D eigenvalue weighted by Crippen LogP contribution is -2.35. The van der Waals surface area contributed by atoms with E-state index in [1.54, 1.807) is 0 Å². The minimum atomic E-state index is -0.770. The molecule has 0 bridgehead atoms. The van der Waals surface area contributed by atoms with Crippen LogP contribution in [-0.4, -0.2) is 47.4 Å². The molecule has 8 nitrogen and oxygen atoms in total. The number of carbonyl (C=O) groups excluding carboxylic acids is 2. The van der Waals surface area contributed by atoms with Gasteiger partial charge >= 0.3 is 11.7 Å². The van der Waals surface area contributed by atoms with Crippen LogP contribution in [0.25, 0.3) is 0 Å². The van der Waals surface area contributed by atoms with E-state index in [-0.39, 0.29) is 18.5 Å². The van der Waals surface area contributed by atoms with Gasteiger partial charge in [-0.25, -0.2) is 4.79 Å². The second-order valence-electron chi connectivity index (χ2n) is 3.54. The Morgan fingerprint density at radius 1 is 1.39 bits per heavy atom. The third kappa shape index (κ3) is 3.30. The van der Waals surface area contributed by atoms with Crippen LogP contribution in [0.15, 0.2) is 15.8 Å². The number of rotatable bonds is 4. The lowest BCUT2D eigenvalue weighted by molar-refractivity contribution is -0.140. The first-order chi connectivity index (χ1) is 8.45. The van der Waals surface area contributed by atoms with Gasteiger partial charge in [-0.3, -0.25) is 19.4 Å². The van der Waals surface area contributed by atoms with Crippen LogP contribution in [0.5, 0.6) is 0 Å². The van der Waals surface area contributed by atoms with Gasteiger partial charge in [0, 0.05) is 19.8 Å². The second kappa shape index (κ2) is 5.80. The zero-order chi connectivity index (χ0) is 13.7. The number of nitrogens with zero attached hydrogens (tertiary/aromatic N) is 1. The van der Waals surface area contributed by atoms with Gasteiger partial charge in [-0.05, 0) is 0 Å². The van der Waals surface area contributed by atoms with Crippen molar-refractivity contribution in [1.82, 2.24) is 14.9 Å². The molecule has 0 aliphatic rings. The average molecular weight is 255 g/mol. The van der Waals surface area contributed by atoms with E-state index in [4.69, 9.17) is 0 Å². The monoisotopic (exact) mass is 255 g/mol. The van der Waals surface area contributed by atoms with E-state index in [9.17, 15) is 19.2 Å². The van der Waals surface area contributed by atoms with Gasteiger partial charge in [0.1, 0.15) is 5.56 Å². The SMILES string of the molecule is COC(=O)CCN(C)C(=O)c1c[nH]c(=O)[nH]c1=O. The van der Waals surface area contributed by atoms with Crippen molar-refractivity contribution in [3.8, 4) is 0 Å². The first-order valence-corrected chi connectivity index (χ1v) is 5.10. The van der Waals surface area contributed by atoms with Gasteiger partial charge in [-0.2, -0.15) is 0 Å². The summed E-state index contributed by atoms with van der Waals surface area (Å²) in [6.07, 6.45) is 1.07. The molecule has 1 aromatic heterocycles. The highest BCUT2D eigenvalue weighted by Gasteiger charge is 2.16. The normalized spacial score (nSPS) is 9.89. The van der Waals surface area contributed by atoms with Crippen molar-refractivity contribution in [2.45, 2.75) is 6.42 Å². The summed E-state index contributed by atoms with van der Waals surface area (Å²) in [5.41, 5.74) is -1.65. The van der Waals surface area contributed by atoms with Crippen molar-refractivity contribution in [2.75, 3.05) is 20.7 Å². The molecule has 1 heterocycles. The number of methoxy groups -OCH3 is 1. The Kier molecular flexibility index (Phi) is 4.41. The Labute approximate surface area is 102 Å². The zero-order valence-corrected chi connectivity index (χ0v) is 9.98. The highest BCUT2D eigenvalue weighted by atomic mass is 16.5. The topological polar surface area (TPSA) is 112 Å². The largest absolute Gasteiger partial charge is 0.469 e. The predicted octanol–water partition coefficient (Wildman–Crippen LogP) is -1.30. The van der Waals surface area contributed by atoms with Crippen LogP contribution in [0.3, 0.4) is 0 Å². The Morgan fingerprint density at radius 2 is 2.06 bits per heavy atom. The molecule has 0 radical (unpaired) electrons. The fraction of sp³-hybridized carbons (Fsp3) is 0.400. The van der Waals surface area contributed by atoms with Gasteiger partial charge < -0.3 is 14.6 Å². The molecule has 0 saturated carbocycles. The summed E-state index contributed by atoms with van der Waals surface area (Å²) in [6, 6.07) is 0. The number of amides is 1. The van der Waals surface area contributed by atoms with Crippen LogP contribution >= 0.6 is 0 Å². The summed E-state index contributed by atoms with van der Waals surface area (Å²) in [5, 5.41) is 0. The van der Waals surface area contributed by atoms with Crippen LogP contribution in [0.4, 0.5) is 0 Å². The van der Waals surface area contributed by atoms with Gasteiger partial charge in [0.05, 0.1) is 13.5 Å². The number of ether oxygens (including phenoxy) is 1. The summed E-state index contributed by atoms with van der Waals surface area (Å²) in [5.74, 6) is -1.04. The number of carbonyl (C=O) groups is 2. The molecule has 0 aliphatic carbocycles. The van der Waals surface area contributed by atoms with Crippen LogP contribution in [-0.2, 0) is 9.53 Å². The van der Waals surface area contributed by atoms with Gasteiger partial charge in [-0.1, -0.05) is 0 Å². The molecule has 0 spiro atoms. The number of esters is 1. The Balaban J connectivity index is 2.77. The fourth-order valence-electron chi connectivity index (χ4n) is 1.24. The highest BCUT2D eigenvalue weighted by molar-refractivity contribution is 5.93. The van der Waals surface area contributed by atoms with E-state index in [0.717, 1.165) is 6.20 Å². The highest BCUT2D eigenvalue weighted by Crippen LogP contribution is 1.97. The Hall–Kier alpha value is -2.38. The van der Waals surface area contributed by atoms with Gasteiger partial charge in [0.2, 0.25) is 0 Å². The molecule has 8 heteroatoms. The summed E-state index contributed by atoms with van der Waals surface area (Å²) < 4.78 is 4.43. The third-order valence-electron chi connectivity index (χ3n) is 2.28. The van der Waals surface area contributed by atoms with E-state index in [0.29, 0.717) is 0 Å². The minimum Gasteiger partial charge on any atom is -0.469 e. The predicted molar refractivity (Wildman–Crippen MR) is 61.3 cm³/mol. The van der Waals surface area contributed by atoms with E-state index in [1.165, 1.54) is 19.1 Å². The first-order valence-electron chi connectivity index (χ1n) is 5.10. The molecule has 1 amide bonds. The lowest BCUT2D eigenvalue weighted by Gasteiger charge is -2.15. The first kappa shape index (κ1) is 13.7. The van der Waals surface area contributed by atoms with E-state index in [1.807, 2.05) is 4.98 Å². The molecule has 2 N–H and O–H groups in total. The van der Waals surface area contributed by atoms with Crippen LogP contribution in [0.1, 0.15) is 16.8 Å². The van der Waals surface area contributed by atoms with Crippen LogP contribution in [0, 0.1) is 0 Å². The Bertz CT molecular complexity index is 559. The smallest absolute Gasteiger partial charge is 0.325 e. The van der Waals surface area contributed by atoms with Crippen LogP contribution in [0.2, 0.25) is 0 Å². The molecule has 0 fully saturated rings. The van der Waals surface area contributed by atoms with Gasteiger partial charge in [-0.15, -0.1) is 0 Å². The quantitative estimate of drug-likeness (QED) is 0.649. The maximum Gasteiger partial charge on any atom is 0.325 e. The fourth-order valence-corrected chi connectivity index (χ4v) is 1.24. The molecule has 1 rings (SSSR count). The van der Waals surface area contributed by atoms with Crippen molar-refractivity contribution in [3.63, 3.8) is 0 Å². The summed E-state index contributed by atoms with van der Waals surface area (Å²) >= 11 is 0. The van der Waals surface area contributed by atoms with E-state index < -0.39 is 23.1 Å². The van der Waals surface area contributed by atoms with Crippen molar-refractivity contribution in [1.29, 1.82) is 0 Å². The summed E-state index contributed by atoms with van der Waals surface area (Å²) in [7, 11) is 2.69. The molecule has 0 atom stereocenters. The van der Waals surface area contributed by atoms with Gasteiger partial charge in [0.15, 0.2) is 0 Å². The molecule has 0 saturated heterocycles. The Morgan fingerprint density at radius 3 is 2.61 bits per heavy atom. The average Bonchev–Trinajstić information content (AvgIpc) is 2.34. The van der Waals surface area contributed by atoms with Gasteiger partial charge in [0.25, 0.3) is 11.5 Å². The van der Waals surface area contributed by atoms with E-state index in [2.05, 4.69) is 9.72 Å². The molecule has 0 aromatic carbocycles. The molecular weight excluding hydrogens is 242 g/mol. The number of hydrogen-bond donors (Lipinski definition) is 2. The lowest BCUT2D eigenvalue weighted by atomic mass is 10.3. The molecular formula is C10H13N3O5. The zero-order valence-electron chi connectivity index (χ0n) is 9.98. The number of H-pyrrole nitrogens is 2. The summed E-state index contributed by atoms with van der Waals surface area (Å²) in [4.78, 5) is 50.2. The second-order valence-corrected chi connectivity index (χ2v) is 3.54. The number of hydrogen-bond acceptors (Lipinski definition) is 5. The third-order valence-corrected chi connectivity index (χ3v) is 2.28. The van der Waals surface area contributed by atoms with Crippen molar-refractivity contribution in [2.24, 2.45) is 0 Å². The molecule has 18 heavy (non-hydrogen) atoms.